The molecule has 0 saturated carbocycles. The molecule has 0 heterocycles. The molecule has 0 aromatic carbocycles. The second kappa shape index (κ2) is 6.77. The monoisotopic (exact) mass is 217 g/mol. The first-order chi connectivity index (χ1) is 6.93. The Hall–Kier alpha value is -1.63. The Balaban J connectivity index is 3.57. The first-order valence-electron chi connectivity index (χ1n) is 4.47. The maximum absolute atomic E-state index is 11.0. The summed E-state index contributed by atoms with van der Waals surface area (Å²) in [4.78, 5) is 31.6. The number of carboxylic acid groups (broad SMARTS) is 1. The van der Waals surface area contributed by atoms with E-state index in [1.807, 2.05) is 0 Å². The predicted molar refractivity (Wildman–Crippen MR) is 51.7 cm³/mol. The van der Waals surface area contributed by atoms with Crippen LogP contribution in [0.3, 0.4) is 0 Å². The molecule has 0 spiro atoms. The molecule has 0 rings (SSSR count). The smallest absolute Gasteiger partial charge is 0.320 e. The third-order valence-electron chi connectivity index (χ3n) is 1.69. The zero-order valence-electron chi connectivity index (χ0n) is 8.23. The van der Waals surface area contributed by atoms with Gasteiger partial charge in [0.25, 0.3) is 0 Å². The number of carboxylic acids is 1. The summed E-state index contributed by atoms with van der Waals surface area (Å²) in [7, 11) is 0. The van der Waals surface area contributed by atoms with E-state index in [1.165, 1.54) is 0 Å². The Morgan fingerprint density at radius 2 is 1.87 bits per heavy atom. The molecule has 0 fully saturated rings. The van der Waals surface area contributed by atoms with Crippen LogP contribution in [-0.4, -0.2) is 35.5 Å². The number of carbonyl (C=O) groups excluding carboxylic acids is 2. The highest BCUT2D eigenvalue weighted by molar-refractivity contribution is 5.79. The van der Waals surface area contributed by atoms with E-state index in [0.717, 1.165) is 0 Å². The van der Waals surface area contributed by atoms with Crippen LogP contribution in [-0.2, 0) is 14.4 Å². The average Bonchev–Trinajstić information content (AvgIpc) is 2.13. The van der Waals surface area contributed by atoms with Crippen molar-refractivity contribution < 1.29 is 19.5 Å². The standard InChI is InChI=1S/C8H15N3O4/c9-5(8(14)15)1-2-7(13)11-4-3-6(10)12/h5H,1-4,9H2,(H2,10,12)(H,11,13)(H,14,15)/t5-/m0/s1. The van der Waals surface area contributed by atoms with Gasteiger partial charge in [0.2, 0.25) is 11.8 Å². The first-order valence-corrected chi connectivity index (χ1v) is 4.47. The third kappa shape index (κ3) is 7.44. The Bertz CT molecular complexity index is 254. The van der Waals surface area contributed by atoms with Gasteiger partial charge in [-0.25, -0.2) is 0 Å². The first kappa shape index (κ1) is 13.4. The lowest BCUT2D eigenvalue weighted by Crippen LogP contribution is -2.33. The van der Waals surface area contributed by atoms with Crippen molar-refractivity contribution in [2.75, 3.05) is 6.54 Å². The molecule has 0 saturated heterocycles. The maximum atomic E-state index is 11.0. The third-order valence-corrected chi connectivity index (χ3v) is 1.69. The van der Waals surface area contributed by atoms with Crippen LogP contribution in [0.4, 0.5) is 0 Å². The van der Waals surface area contributed by atoms with E-state index in [4.69, 9.17) is 16.6 Å². The SMILES string of the molecule is NC(=O)CCNC(=O)CC[C@H](N)C(=O)O. The van der Waals surface area contributed by atoms with Crippen molar-refractivity contribution in [3.8, 4) is 0 Å². The van der Waals surface area contributed by atoms with Gasteiger partial charge in [-0.2, -0.15) is 0 Å². The second-order valence-corrected chi connectivity index (χ2v) is 3.05. The normalized spacial score (nSPS) is 11.8. The molecule has 0 aliphatic carbocycles. The predicted octanol–water partition coefficient (Wildman–Crippen LogP) is -1.83. The molecule has 0 aromatic heterocycles. The summed E-state index contributed by atoms with van der Waals surface area (Å²) in [6, 6.07) is -1.04. The van der Waals surface area contributed by atoms with Crippen LogP contribution in [0.15, 0.2) is 0 Å². The summed E-state index contributed by atoms with van der Waals surface area (Å²) in [6.45, 7) is 0.163. The number of aliphatic carboxylic acids is 1. The lowest BCUT2D eigenvalue weighted by atomic mass is 10.1. The molecular formula is C8H15N3O4. The van der Waals surface area contributed by atoms with E-state index in [0.29, 0.717) is 0 Å². The van der Waals surface area contributed by atoms with Crippen molar-refractivity contribution in [1.29, 1.82) is 0 Å². The lowest BCUT2D eigenvalue weighted by molar-refractivity contribution is -0.138. The van der Waals surface area contributed by atoms with Gasteiger partial charge in [0.05, 0.1) is 0 Å². The fourth-order valence-corrected chi connectivity index (χ4v) is 0.824. The second-order valence-electron chi connectivity index (χ2n) is 3.05. The van der Waals surface area contributed by atoms with E-state index >= 15 is 0 Å². The summed E-state index contributed by atoms with van der Waals surface area (Å²) in [5.74, 6) is -1.98. The van der Waals surface area contributed by atoms with Crippen LogP contribution in [0.2, 0.25) is 0 Å². The minimum absolute atomic E-state index is 0.0201. The summed E-state index contributed by atoms with van der Waals surface area (Å²) in [5.41, 5.74) is 10.0. The van der Waals surface area contributed by atoms with E-state index in [9.17, 15) is 14.4 Å². The lowest BCUT2D eigenvalue weighted by Gasteiger charge is -2.06. The van der Waals surface area contributed by atoms with Crippen molar-refractivity contribution in [2.45, 2.75) is 25.3 Å². The number of hydrogen-bond acceptors (Lipinski definition) is 4. The maximum Gasteiger partial charge on any atom is 0.320 e. The summed E-state index contributed by atoms with van der Waals surface area (Å²) >= 11 is 0. The van der Waals surface area contributed by atoms with Crippen LogP contribution in [0, 0.1) is 0 Å². The zero-order chi connectivity index (χ0) is 11.8. The fraction of sp³-hybridized carbons (Fsp3) is 0.625. The Morgan fingerprint density at radius 3 is 2.33 bits per heavy atom. The van der Waals surface area contributed by atoms with Crippen molar-refractivity contribution in [3.05, 3.63) is 0 Å². The van der Waals surface area contributed by atoms with Crippen LogP contribution in [0.25, 0.3) is 0 Å². The number of rotatable bonds is 7. The average molecular weight is 217 g/mol. The molecule has 0 aromatic rings. The molecule has 15 heavy (non-hydrogen) atoms. The molecule has 1 atom stereocenters. The van der Waals surface area contributed by atoms with Gasteiger partial charge < -0.3 is 21.9 Å². The number of nitrogens with one attached hydrogen (secondary N) is 1. The van der Waals surface area contributed by atoms with Gasteiger partial charge in [0, 0.05) is 19.4 Å². The molecule has 0 aliphatic rings. The van der Waals surface area contributed by atoms with Crippen molar-refractivity contribution in [3.63, 3.8) is 0 Å². The molecule has 86 valence electrons. The van der Waals surface area contributed by atoms with E-state index < -0.39 is 17.9 Å². The van der Waals surface area contributed by atoms with E-state index in [1.54, 1.807) is 0 Å². The molecule has 6 N–H and O–H groups in total. The minimum Gasteiger partial charge on any atom is -0.480 e. The van der Waals surface area contributed by atoms with Crippen LogP contribution < -0.4 is 16.8 Å². The van der Waals surface area contributed by atoms with Crippen LogP contribution in [0.1, 0.15) is 19.3 Å². The molecule has 0 radical (unpaired) electrons. The number of carbonyl (C=O) groups is 3. The minimum atomic E-state index is -1.14. The quantitative estimate of drug-likeness (QED) is 0.397. The van der Waals surface area contributed by atoms with E-state index in [-0.39, 0.29) is 31.7 Å². The van der Waals surface area contributed by atoms with Crippen LogP contribution >= 0.6 is 0 Å². The van der Waals surface area contributed by atoms with Crippen molar-refractivity contribution in [1.82, 2.24) is 5.32 Å². The van der Waals surface area contributed by atoms with Gasteiger partial charge in [0.1, 0.15) is 6.04 Å². The molecule has 7 nitrogen and oxygen atoms in total. The summed E-state index contributed by atoms with van der Waals surface area (Å²) in [5, 5.41) is 10.8. The zero-order valence-corrected chi connectivity index (χ0v) is 8.23. The topological polar surface area (TPSA) is 136 Å². The fourth-order valence-electron chi connectivity index (χ4n) is 0.824. The Morgan fingerprint density at radius 1 is 1.27 bits per heavy atom. The molecule has 0 bridgehead atoms. The van der Waals surface area contributed by atoms with E-state index in [2.05, 4.69) is 5.32 Å². The molecule has 0 unspecified atom stereocenters. The number of amides is 2. The number of nitrogens with two attached hydrogens (primary N) is 2. The Labute approximate surface area is 86.8 Å². The highest BCUT2D eigenvalue weighted by Crippen LogP contribution is 1.94. The summed E-state index contributed by atoms with van der Waals surface area (Å²) < 4.78 is 0. The van der Waals surface area contributed by atoms with Gasteiger partial charge >= 0.3 is 5.97 Å². The highest BCUT2D eigenvalue weighted by atomic mass is 16.4. The van der Waals surface area contributed by atoms with Crippen molar-refractivity contribution in [2.24, 2.45) is 11.5 Å². The molecular weight excluding hydrogens is 202 g/mol. The molecule has 2 amide bonds. The van der Waals surface area contributed by atoms with Gasteiger partial charge in [-0.3, -0.25) is 14.4 Å². The van der Waals surface area contributed by atoms with Gasteiger partial charge in [-0.15, -0.1) is 0 Å². The highest BCUT2D eigenvalue weighted by Gasteiger charge is 2.13. The van der Waals surface area contributed by atoms with Gasteiger partial charge in [0.15, 0.2) is 0 Å². The Kier molecular flexibility index (Phi) is 6.03. The van der Waals surface area contributed by atoms with Crippen LogP contribution in [0.5, 0.6) is 0 Å². The molecule has 7 heteroatoms. The van der Waals surface area contributed by atoms with Gasteiger partial charge in [-0.05, 0) is 6.42 Å². The summed E-state index contributed by atoms with van der Waals surface area (Å²) in [6.07, 6.45) is 0.153. The molecule has 0 aliphatic heterocycles. The largest absolute Gasteiger partial charge is 0.480 e. The van der Waals surface area contributed by atoms with Gasteiger partial charge in [-0.1, -0.05) is 0 Å². The number of hydrogen-bond donors (Lipinski definition) is 4. The van der Waals surface area contributed by atoms with Crippen molar-refractivity contribution >= 4 is 17.8 Å². The number of primary amides is 1.